The van der Waals surface area contributed by atoms with Crippen molar-refractivity contribution in [2.24, 2.45) is 7.05 Å². The minimum atomic E-state index is -0.129. The molecule has 0 bridgehead atoms. The highest BCUT2D eigenvalue weighted by molar-refractivity contribution is 6.19. The topological polar surface area (TPSA) is 17.8 Å². The predicted molar refractivity (Wildman–Crippen MR) is 182 cm³/mol. The third kappa shape index (κ3) is 3.32. The molecule has 0 spiro atoms. The van der Waals surface area contributed by atoms with Gasteiger partial charge in [-0.25, -0.2) is 4.98 Å². The number of benzene rings is 7. The standard InChI is InChI=1S/C41H30N2/c1-41(2)38-29-20-17-26(27-19-22-36-35(24-27)42-40(43(36)3)25-11-5-4-6-12-25)23-28(29)18-21-34(38)37-32-15-9-7-13-30(32)31-14-8-10-16-33(31)39(37)41/h4-24H,1-3H3. The van der Waals surface area contributed by atoms with Crippen LogP contribution in [-0.4, -0.2) is 9.55 Å². The van der Waals surface area contributed by atoms with E-state index in [-0.39, 0.29) is 5.41 Å². The molecule has 0 saturated heterocycles. The summed E-state index contributed by atoms with van der Waals surface area (Å²) in [6.45, 7) is 4.82. The number of hydrogen-bond acceptors (Lipinski definition) is 1. The molecule has 0 N–H and O–H groups in total. The van der Waals surface area contributed by atoms with Crippen LogP contribution in [0.5, 0.6) is 0 Å². The number of hydrogen-bond donors (Lipinski definition) is 0. The molecular weight excluding hydrogens is 520 g/mol. The molecule has 2 nitrogen and oxygen atoms in total. The van der Waals surface area contributed by atoms with Crippen molar-refractivity contribution in [1.29, 1.82) is 0 Å². The maximum atomic E-state index is 5.03. The zero-order valence-electron chi connectivity index (χ0n) is 24.5. The summed E-state index contributed by atoms with van der Waals surface area (Å²) in [5.41, 5.74) is 11.2. The van der Waals surface area contributed by atoms with Crippen molar-refractivity contribution in [3.05, 3.63) is 139 Å². The van der Waals surface area contributed by atoms with Gasteiger partial charge in [-0.3, -0.25) is 0 Å². The molecule has 43 heavy (non-hydrogen) atoms. The van der Waals surface area contributed by atoms with Gasteiger partial charge in [-0.1, -0.05) is 123 Å². The third-order valence-corrected chi connectivity index (χ3v) is 9.72. The number of nitrogens with zero attached hydrogens (tertiary/aromatic N) is 2. The van der Waals surface area contributed by atoms with Crippen molar-refractivity contribution < 1.29 is 0 Å². The molecule has 0 fully saturated rings. The molecule has 0 saturated carbocycles. The van der Waals surface area contributed by atoms with E-state index >= 15 is 0 Å². The highest BCUT2D eigenvalue weighted by Gasteiger charge is 2.39. The minimum Gasteiger partial charge on any atom is -0.327 e. The Balaban J connectivity index is 1.22. The summed E-state index contributed by atoms with van der Waals surface area (Å²) in [4.78, 5) is 5.03. The molecule has 0 atom stereocenters. The van der Waals surface area contributed by atoms with E-state index in [1.54, 1.807) is 0 Å². The van der Waals surface area contributed by atoms with Gasteiger partial charge in [0, 0.05) is 18.0 Å². The molecule has 2 heteroatoms. The number of imidazole rings is 1. The Labute approximate surface area is 250 Å². The van der Waals surface area contributed by atoms with Crippen LogP contribution in [0, 0.1) is 0 Å². The first-order chi connectivity index (χ1) is 21.0. The molecule has 1 aliphatic rings. The molecule has 204 valence electrons. The molecule has 1 heterocycles. The largest absolute Gasteiger partial charge is 0.327 e. The first-order valence-corrected chi connectivity index (χ1v) is 15.0. The van der Waals surface area contributed by atoms with Crippen molar-refractivity contribution in [1.82, 2.24) is 9.55 Å². The van der Waals surface area contributed by atoms with Gasteiger partial charge in [-0.2, -0.15) is 0 Å². The fraction of sp³-hybridized carbons (Fsp3) is 0.0976. The van der Waals surface area contributed by atoms with Crippen LogP contribution in [-0.2, 0) is 12.5 Å². The fourth-order valence-corrected chi connectivity index (χ4v) is 7.81. The summed E-state index contributed by atoms with van der Waals surface area (Å²) in [6, 6.07) is 46.6. The van der Waals surface area contributed by atoms with Crippen molar-refractivity contribution in [2.75, 3.05) is 0 Å². The zero-order chi connectivity index (χ0) is 28.9. The monoisotopic (exact) mass is 550 g/mol. The van der Waals surface area contributed by atoms with E-state index in [2.05, 4.69) is 147 Å². The van der Waals surface area contributed by atoms with Crippen molar-refractivity contribution in [3.8, 4) is 33.6 Å². The van der Waals surface area contributed by atoms with E-state index < -0.39 is 0 Å². The minimum absolute atomic E-state index is 0.129. The average molecular weight is 551 g/mol. The lowest BCUT2D eigenvalue weighted by Gasteiger charge is -2.25. The lowest BCUT2D eigenvalue weighted by molar-refractivity contribution is 0.672. The number of fused-ring (bicyclic) bond motifs is 11. The predicted octanol–water partition coefficient (Wildman–Crippen LogP) is 10.7. The Hall–Kier alpha value is -5.21. The summed E-state index contributed by atoms with van der Waals surface area (Å²) < 4.78 is 2.19. The molecule has 7 aromatic carbocycles. The van der Waals surface area contributed by atoms with Gasteiger partial charge in [0.15, 0.2) is 0 Å². The van der Waals surface area contributed by atoms with Crippen molar-refractivity contribution in [2.45, 2.75) is 19.3 Å². The second-order valence-corrected chi connectivity index (χ2v) is 12.5. The second-order valence-electron chi connectivity index (χ2n) is 12.5. The fourth-order valence-electron chi connectivity index (χ4n) is 7.81. The van der Waals surface area contributed by atoms with Crippen molar-refractivity contribution >= 4 is 43.4 Å². The van der Waals surface area contributed by atoms with Crippen molar-refractivity contribution in [3.63, 3.8) is 0 Å². The molecule has 8 aromatic rings. The molecule has 9 rings (SSSR count). The maximum Gasteiger partial charge on any atom is 0.140 e. The van der Waals surface area contributed by atoms with Gasteiger partial charge in [0.05, 0.1) is 11.0 Å². The molecule has 0 aliphatic heterocycles. The zero-order valence-corrected chi connectivity index (χ0v) is 24.5. The second kappa shape index (κ2) is 8.65. The molecule has 0 unspecified atom stereocenters. The third-order valence-electron chi connectivity index (χ3n) is 9.72. The molecule has 1 aliphatic carbocycles. The lowest BCUT2D eigenvalue weighted by Crippen LogP contribution is -2.16. The van der Waals surface area contributed by atoms with Gasteiger partial charge in [0.1, 0.15) is 5.82 Å². The van der Waals surface area contributed by atoms with E-state index in [1.165, 1.54) is 65.7 Å². The first kappa shape index (κ1) is 24.4. The maximum absolute atomic E-state index is 5.03. The highest BCUT2D eigenvalue weighted by Crippen LogP contribution is 2.56. The van der Waals surface area contributed by atoms with Gasteiger partial charge in [0.2, 0.25) is 0 Å². The van der Waals surface area contributed by atoms with Crippen LogP contribution in [0.3, 0.4) is 0 Å². The number of rotatable bonds is 2. The van der Waals surface area contributed by atoms with Crippen LogP contribution in [0.2, 0.25) is 0 Å². The first-order valence-electron chi connectivity index (χ1n) is 15.0. The lowest BCUT2D eigenvalue weighted by atomic mass is 9.77. The Kier molecular flexibility index (Phi) is 4.91. The van der Waals surface area contributed by atoms with Crippen LogP contribution < -0.4 is 0 Å². The summed E-state index contributed by atoms with van der Waals surface area (Å²) in [6.07, 6.45) is 0. The number of aromatic nitrogens is 2. The molecule has 1 aromatic heterocycles. The molecule has 0 amide bonds. The van der Waals surface area contributed by atoms with Gasteiger partial charge >= 0.3 is 0 Å². The summed E-state index contributed by atoms with van der Waals surface area (Å²) in [7, 11) is 2.10. The van der Waals surface area contributed by atoms with E-state index in [0.717, 1.165) is 22.4 Å². The van der Waals surface area contributed by atoms with Crippen LogP contribution in [0.25, 0.3) is 77.0 Å². The highest BCUT2D eigenvalue weighted by atomic mass is 15.1. The Morgan fingerprint density at radius 1 is 0.535 bits per heavy atom. The van der Waals surface area contributed by atoms with E-state index in [1.807, 2.05) is 6.07 Å². The van der Waals surface area contributed by atoms with Gasteiger partial charge in [-0.15, -0.1) is 0 Å². The summed E-state index contributed by atoms with van der Waals surface area (Å²) in [5.74, 6) is 0.990. The van der Waals surface area contributed by atoms with Crippen LogP contribution in [0.4, 0.5) is 0 Å². The smallest absolute Gasteiger partial charge is 0.140 e. The van der Waals surface area contributed by atoms with Gasteiger partial charge in [-0.05, 0) is 83.9 Å². The van der Waals surface area contributed by atoms with E-state index in [0.29, 0.717) is 0 Å². The van der Waals surface area contributed by atoms with Gasteiger partial charge < -0.3 is 4.57 Å². The molecule has 0 radical (unpaired) electrons. The Morgan fingerprint density at radius 2 is 1.19 bits per heavy atom. The normalized spacial score (nSPS) is 13.7. The SMILES string of the molecule is Cn1c(-c2ccccc2)nc2cc(-c3ccc4c5c(ccc4c3)-c3c(c4ccccc4c4ccccc34)C5(C)C)ccc21. The van der Waals surface area contributed by atoms with Crippen LogP contribution >= 0.6 is 0 Å². The van der Waals surface area contributed by atoms with Gasteiger partial charge in [0.25, 0.3) is 0 Å². The quantitative estimate of drug-likeness (QED) is 0.196. The van der Waals surface area contributed by atoms with Crippen LogP contribution in [0.1, 0.15) is 25.0 Å². The van der Waals surface area contributed by atoms with E-state index in [4.69, 9.17) is 4.98 Å². The average Bonchev–Trinajstić information content (AvgIpc) is 3.51. The van der Waals surface area contributed by atoms with Crippen LogP contribution in [0.15, 0.2) is 127 Å². The Bertz CT molecular complexity index is 2430. The summed E-state index contributed by atoms with van der Waals surface area (Å²) in [5, 5.41) is 7.98. The summed E-state index contributed by atoms with van der Waals surface area (Å²) >= 11 is 0. The number of aryl methyl sites for hydroxylation is 1. The Morgan fingerprint density at radius 3 is 1.98 bits per heavy atom. The molecular formula is C41H30N2. The van der Waals surface area contributed by atoms with E-state index in [9.17, 15) is 0 Å².